The van der Waals surface area contributed by atoms with Crippen LogP contribution in [0.4, 0.5) is 0 Å². The van der Waals surface area contributed by atoms with Gasteiger partial charge in [0.25, 0.3) is 0 Å². The van der Waals surface area contributed by atoms with E-state index in [1.807, 2.05) is 6.92 Å². The minimum absolute atomic E-state index is 0.217. The third-order valence-electron chi connectivity index (χ3n) is 3.25. The number of hydrogen-bond donors (Lipinski definition) is 1. The number of benzene rings is 1. The largest absolute Gasteiger partial charge is 0.494 e. The zero-order valence-electron chi connectivity index (χ0n) is 12.5. The highest BCUT2D eigenvalue weighted by Crippen LogP contribution is 2.14. The highest BCUT2D eigenvalue weighted by Gasteiger charge is 1.99. The van der Waals surface area contributed by atoms with Crippen LogP contribution in [-0.2, 0) is 6.42 Å². The topological polar surface area (TPSA) is 35.2 Å². The first-order valence-electron chi connectivity index (χ1n) is 7.69. The van der Waals surface area contributed by atoms with E-state index in [1.165, 1.54) is 37.7 Å². The van der Waals surface area contributed by atoms with Crippen molar-refractivity contribution in [2.45, 2.75) is 64.8 Å². The van der Waals surface area contributed by atoms with Crippen molar-refractivity contribution in [1.82, 2.24) is 0 Å². The Hall–Kier alpha value is -1.02. The number of nitrogens with two attached hydrogens (primary N) is 1. The number of ether oxygens (including phenoxy) is 1. The summed E-state index contributed by atoms with van der Waals surface area (Å²) in [6, 6.07) is 8.54. The summed E-state index contributed by atoms with van der Waals surface area (Å²) in [7, 11) is 0. The van der Waals surface area contributed by atoms with Crippen molar-refractivity contribution in [2.75, 3.05) is 6.61 Å². The van der Waals surface area contributed by atoms with Gasteiger partial charge in [-0.05, 0) is 37.5 Å². The Balaban J connectivity index is 2.12. The lowest BCUT2D eigenvalue weighted by atomic mass is 10.1. The quantitative estimate of drug-likeness (QED) is 0.638. The van der Waals surface area contributed by atoms with E-state index >= 15 is 0 Å². The van der Waals surface area contributed by atoms with Gasteiger partial charge < -0.3 is 10.5 Å². The van der Waals surface area contributed by atoms with Crippen LogP contribution in [0, 0.1) is 0 Å². The van der Waals surface area contributed by atoms with Crippen LogP contribution in [-0.4, -0.2) is 12.6 Å². The van der Waals surface area contributed by atoms with Crippen LogP contribution in [0.3, 0.4) is 0 Å². The molecule has 0 aliphatic rings. The van der Waals surface area contributed by atoms with Gasteiger partial charge in [-0.3, -0.25) is 0 Å². The standard InChI is InChI=1S/C17H29NO/c1-3-4-5-6-7-8-13-19-17-11-9-16(10-12-17)14-15(2)18/h9-12,15H,3-8,13-14,18H2,1-2H3. The summed E-state index contributed by atoms with van der Waals surface area (Å²) in [6.45, 7) is 5.11. The second-order valence-electron chi connectivity index (χ2n) is 5.44. The second kappa shape index (κ2) is 9.85. The van der Waals surface area contributed by atoms with Crippen LogP contribution in [0.15, 0.2) is 24.3 Å². The molecule has 0 saturated carbocycles. The first-order valence-corrected chi connectivity index (χ1v) is 7.69. The zero-order valence-corrected chi connectivity index (χ0v) is 12.5. The first-order chi connectivity index (χ1) is 9.22. The molecule has 1 atom stereocenters. The molecule has 0 fully saturated rings. The molecule has 19 heavy (non-hydrogen) atoms. The number of hydrogen-bond acceptors (Lipinski definition) is 2. The van der Waals surface area contributed by atoms with E-state index < -0.39 is 0 Å². The molecule has 0 amide bonds. The number of unbranched alkanes of at least 4 members (excludes halogenated alkanes) is 5. The van der Waals surface area contributed by atoms with E-state index in [0.717, 1.165) is 25.2 Å². The molecule has 0 aromatic heterocycles. The van der Waals surface area contributed by atoms with Crippen LogP contribution in [0.1, 0.15) is 57.9 Å². The van der Waals surface area contributed by atoms with E-state index in [0.29, 0.717) is 0 Å². The van der Waals surface area contributed by atoms with Crippen molar-refractivity contribution in [3.63, 3.8) is 0 Å². The lowest BCUT2D eigenvalue weighted by molar-refractivity contribution is 0.304. The van der Waals surface area contributed by atoms with Gasteiger partial charge in [-0.1, -0.05) is 51.2 Å². The lowest BCUT2D eigenvalue weighted by Crippen LogP contribution is -2.17. The van der Waals surface area contributed by atoms with Gasteiger partial charge in [0, 0.05) is 6.04 Å². The molecule has 0 heterocycles. The van der Waals surface area contributed by atoms with Crippen molar-refractivity contribution < 1.29 is 4.74 Å². The highest BCUT2D eigenvalue weighted by molar-refractivity contribution is 5.27. The lowest BCUT2D eigenvalue weighted by Gasteiger charge is -2.08. The van der Waals surface area contributed by atoms with E-state index in [9.17, 15) is 0 Å². The van der Waals surface area contributed by atoms with Crippen molar-refractivity contribution in [2.24, 2.45) is 5.73 Å². The first kappa shape index (κ1) is 16.0. The fourth-order valence-electron chi connectivity index (χ4n) is 2.17. The normalized spacial score (nSPS) is 12.4. The van der Waals surface area contributed by atoms with Crippen molar-refractivity contribution in [3.8, 4) is 5.75 Å². The zero-order chi connectivity index (χ0) is 13.9. The summed E-state index contributed by atoms with van der Waals surface area (Å²) in [5.74, 6) is 0.974. The van der Waals surface area contributed by atoms with E-state index in [2.05, 4.69) is 31.2 Å². The van der Waals surface area contributed by atoms with E-state index in [1.54, 1.807) is 0 Å². The molecule has 0 aliphatic heterocycles. The van der Waals surface area contributed by atoms with Crippen molar-refractivity contribution in [1.29, 1.82) is 0 Å². The van der Waals surface area contributed by atoms with Crippen LogP contribution in [0.25, 0.3) is 0 Å². The fourth-order valence-corrected chi connectivity index (χ4v) is 2.17. The summed E-state index contributed by atoms with van der Waals surface area (Å²) in [5.41, 5.74) is 7.06. The van der Waals surface area contributed by atoms with E-state index in [-0.39, 0.29) is 6.04 Å². The summed E-state index contributed by atoms with van der Waals surface area (Å²) >= 11 is 0. The molecule has 108 valence electrons. The monoisotopic (exact) mass is 263 g/mol. The van der Waals surface area contributed by atoms with Gasteiger partial charge in [0.05, 0.1) is 6.61 Å². The van der Waals surface area contributed by atoms with Gasteiger partial charge in [0.15, 0.2) is 0 Å². The van der Waals surface area contributed by atoms with Gasteiger partial charge in [-0.15, -0.1) is 0 Å². The summed E-state index contributed by atoms with van der Waals surface area (Å²) in [6.07, 6.45) is 8.74. The predicted molar refractivity (Wildman–Crippen MR) is 82.7 cm³/mol. The molecule has 1 aromatic rings. The Morgan fingerprint density at radius 3 is 2.26 bits per heavy atom. The highest BCUT2D eigenvalue weighted by atomic mass is 16.5. The molecule has 2 heteroatoms. The molecule has 2 nitrogen and oxygen atoms in total. The minimum Gasteiger partial charge on any atom is -0.494 e. The van der Waals surface area contributed by atoms with Crippen LogP contribution >= 0.6 is 0 Å². The van der Waals surface area contributed by atoms with Gasteiger partial charge in [0.2, 0.25) is 0 Å². The molecule has 0 aliphatic carbocycles. The summed E-state index contributed by atoms with van der Waals surface area (Å²) in [5, 5.41) is 0. The molecular formula is C17H29NO. The molecule has 1 aromatic carbocycles. The molecule has 0 bridgehead atoms. The molecule has 0 radical (unpaired) electrons. The van der Waals surface area contributed by atoms with Crippen molar-refractivity contribution in [3.05, 3.63) is 29.8 Å². The third-order valence-corrected chi connectivity index (χ3v) is 3.25. The average molecular weight is 263 g/mol. The second-order valence-corrected chi connectivity index (χ2v) is 5.44. The Bertz CT molecular complexity index is 319. The Kier molecular flexibility index (Phi) is 8.31. The van der Waals surface area contributed by atoms with Gasteiger partial charge >= 0.3 is 0 Å². The summed E-state index contributed by atoms with van der Waals surface area (Å²) < 4.78 is 5.74. The molecule has 0 spiro atoms. The molecule has 2 N–H and O–H groups in total. The average Bonchev–Trinajstić information content (AvgIpc) is 2.39. The maximum Gasteiger partial charge on any atom is 0.119 e. The SMILES string of the molecule is CCCCCCCCOc1ccc(CC(C)N)cc1. The molecule has 1 unspecified atom stereocenters. The van der Waals surface area contributed by atoms with E-state index in [4.69, 9.17) is 10.5 Å². The van der Waals surface area contributed by atoms with Crippen LogP contribution < -0.4 is 10.5 Å². The minimum atomic E-state index is 0.217. The number of rotatable bonds is 10. The summed E-state index contributed by atoms with van der Waals surface area (Å²) in [4.78, 5) is 0. The Morgan fingerprint density at radius 1 is 1.00 bits per heavy atom. The maximum absolute atomic E-state index is 5.78. The molecule has 0 saturated heterocycles. The van der Waals surface area contributed by atoms with Crippen molar-refractivity contribution >= 4 is 0 Å². The van der Waals surface area contributed by atoms with Gasteiger partial charge in [0.1, 0.15) is 5.75 Å². The smallest absolute Gasteiger partial charge is 0.119 e. The third kappa shape index (κ3) is 7.89. The fraction of sp³-hybridized carbons (Fsp3) is 0.647. The predicted octanol–water partition coefficient (Wildman–Crippen LogP) is 4.32. The molecule has 1 rings (SSSR count). The van der Waals surface area contributed by atoms with Crippen LogP contribution in [0.2, 0.25) is 0 Å². The van der Waals surface area contributed by atoms with Crippen LogP contribution in [0.5, 0.6) is 5.75 Å². The Labute approximate surface area is 118 Å². The van der Waals surface area contributed by atoms with Gasteiger partial charge in [-0.2, -0.15) is 0 Å². The van der Waals surface area contributed by atoms with Gasteiger partial charge in [-0.25, -0.2) is 0 Å². The molecular weight excluding hydrogens is 234 g/mol. The maximum atomic E-state index is 5.78. The Morgan fingerprint density at radius 2 is 1.63 bits per heavy atom.